The molecule has 4 N–H and O–H groups in total. The Morgan fingerprint density at radius 2 is 2.12 bits per heavy atom. The number of pyridine rings is 1. The molecule has 0 aliphatic heterocycles. The van der Waals surface area contributed by atoms with Crippen molar-refractivity contribution in [2.45, 2.75) is 17.7 Å². The van der Waals surface area contributed by atoms with Crippen molar-refractivity contribution in [1.82, 2.24) is 14.7 Å². The van der Waals surface area contributed by atoms with Gasteiger partial charge in [-0.2, -0.15) is 0 Å². The van der Waals surface area contributed by atoms with Crippen LogP contribution in [0.1, 0.15) is 22.5 Å². The number of nitrogens with two attached hydrogens (primary N) is 1. The molecule has 0 aliphatic carbocycles. The second-order valence-corrected chi connectivity index (χ2v) is 8.37. The summed E-state index contributed by atoms with van der Waals surface area (Å²) >= 11 is 3.32. The lowest BCUT2D eigenvalue weighted by Crippen LogP contribution is -2.27. The van der Waals surface area contributed by atoms with Crippen molar-refractivity contribution in [3.05, 3.63) is 58.5 Å². The molecule has 2 heterocycles. The maximum Gasteiger partial charge on any atom is 0.266 e. The first kappa shape index (κ1) is 18.6. The van der Waals surface area contributed by atoms with E-state index in [4.69, 9.17) is 5.73 Å². The van der Waals surface area contributed by atoms with Gasteiger partial charge in [-0.25, -0.2) is 13.1 Å². The number of nitrogens with zero attached hydrogens (tertiary/aromatic N) is 1. The number of aryl methyl sites for hydroxylation is 1. The number of hydrogen-bond donors (Lipinski definition) is 3. The van der Waals surface area contributed by atoms with Gasteiger partial charge in [0.15, 0.2) is 0 Å². The number of fused-ring (bicyclic) bond motifs is 1. The van der Waals surface area contributed by atoms with E-state index in [1.807, 2.05) is 12.1 Å². The normalized spacial score (nSPS) is 11.7. The molecule has 136 valence electrons. The Bertz CT molecular complexity index is 1050. The van der Waals surface area contributed by atoms with E-state index in [2.05, 4.69) is 30.6 Å². The molecule has 26 heavy (non-hydrogen) atoms. The molecule has 0 fully saturated rings. The van der Waals surface area contributed by atoms with Crippen LogP contribution < -0.4 is 10.5 Å². The highest BCUT2D eigenvalue weighted by molar-refractivity contribution is 9.10. The largest absolute Gasteiger partial charge is 0.364 e. The molecule has 1 amide bonds. The highest BCUT2D eigenvalue weighted by Gasteiger charge is 2.26. The Labute approximate surface area is 159 Å². The van der Waals surface area contributed by atoms with Crippen molar-refractivity contribution in [2.24, 2.45) is 5.73 Å². The number of aromatic nitrogens is 2. The molecule has 1 aromatic carbocycles. The molecule has 0 unspecified atom stereocenters. The average molecular weight is 437 g/mol. The zero-order valence-electron chi connectivity index (χ0n) is 13.7. The zero-order chi connectivity index (χ0) is 18.7. The molecule has 0 saturated heterocycles. The predicted octanol–water partition coefficient (Wildman–Crippen LogP) is 2.34. The van der Waals surface area contributed by atoms with Gasteiger partial charge in [0.05, 0.1) is 0 Å². The Balaban J connectivity index is 1.83. The quantitative estimate of drug-likeness (QED) is 0.492. The van der Waals surface area contributed by atoms with Gasteiger partial charge < -0.3 is 10.7 Å². The fourth-order valence-corrected chi connectivity index (χ4v) is 4.51. The minimum Gasteiger partial charge on any atom is -0.364 e. The average Bonchev–Trinajstić information content (AvgIpc) is 2.99. The van der Waals surface area contributed by atoms with Gasteiger partial charge in [-0.05, 0) is 42.7 Å². The summed E-state index contributed by atoms with van der Waals surface area (Å²) in [6.07, 6.45) is 4.73. The molecule has 3 aromatic rings. The standard InChI is InChI=1S/C17H17BrN4O3S/c18-12-5-6-14-13(9-12)16(15(22-14)17(19)23)26(24,25)21-8-2-4-11-3-1-7-20-10-11/h1,3,5-7,9-10,21-22H,2,4,8H2,(H2,19,23). The van der Waals surface area contributed by atoms with E-state index < -0.39 is 15.9 Å². The smallest absolute Gasteiger partial charge is 0.266 e. The number of benzene rings is 1. The summed E-state index contributed by atoms with van der Waals surface area (Å²) in [4.78, 5) is 18.4. The molecule has 0 bridgehead atoms. The SMILES string of the molecule is NC(=O)c1[nH]c2ccc(Br)cc2c1S(=O)(=O)NCCCc1cccnc1. The molecule has 2 aromatic heterocycles. The van der Waals surface area contributed by atoms with Gasteiger partial charge in [0, 0.05) is 34.3 Å². The molecule has 7 nitrogen and oxygen atoms in total. The molecule has 0 atom stereocenters. The molecule has 0 radical (unpaired) electrons. The van der Waals surface area contributed by atoms with Crippen molar-refractivity contribution in [3.63, 3.8) is 0 Å². The van der Waals surface area contributed by atoms with Gasteiger partial charge in [0.2, 0.25) is 10.0 Å². The van der Waals surface area contributed by atoms with E-state index in [1.54, 1.807) is 30.6 Å². The first-order valence-electron chi connectivity index (χ1n) is 7.88. The summed E-state index contributed by atoms with van der Waals surface area (Å²) in [6, 6.07) is 8.85. The second-order valence-electron chi connectivity index (χ2n) is 5.75. The number of sulfonamides is 1. The zero-order valence-corrected chi connectivity index (χ0v) is 16.1. The maximum atomic E-state index is 12.8. The van der Waals surface area contributed by atoms with E-state index in [0.29, 0.717) is 28.2 Å². The number of halogens is 1. The number of carbonyl (C=O) groups is 1. The molecule has 0 aliphatic rings. The number of aromatic amines is 1. The van der Waals surface area contributed by atoms with Crippen LogP contribution in [-0.2, 0) is 16.4 Å². The number of primary amides is 1. The van der Waals surface area contributed by atoms with E-state index in [9.17, 15) is 13.2 Å². The van der Waals surface area contributed by atoms with Crippen molar-refractivity contribution < 1.29 is 13.2 Å². The van der Waals surface area contributed by atoms with E-state index in [1.165, 1.54) is 0 Å². The Hall–Kier alpha value is -2.23. The van der Waals surface area contributed by atoms with Crippen molar-refractivity contribution in [3.8, 4) is 0 Å². The molecule has 0 spiro atoms. The van der Waals surface area contributed by atoms with Crippen molar-refractivity contribution in [2.75, 3.05) is 6.54 Å². The van der Waals surface area contributed by atoms with Crippen molar-refractivity contribution >= 4 is 42.8 Å². The molecular formula is C17H17BrN4O3S. The number of H-pyrrole nitrogens is 1. The molecule has 0 saturated carbocycles. The molecule has 3 rings (SSSR count). The van der Waals surface area contributed by atoms with Crippen LogP contribution in [0.2, 0.25) is 0 Å². The fourth-order valence-electron chi connectivity index (χ4n) is 2.71. The summed E-state index contributed by atoms with van der Waals surface area (Å²) in [7, 11) is -3.91. The van der Waals surface area contributed by atoms with Gasteiger partial charge >= 0.3 is 0 Å². The van der Waals surface area contributed by atoms with Crippen LogP contribution in [0.4, 0.5) is 0 Å². The minimum atomic E-state index is -3.91. The van der Waals surface area contributed by atoms with Crippen LogP contribution >= 0.6 is 15.9 Å². The molecule has 9 heteroatoms. The third kappa shape index (κ3) is 3.95. The fraction of sp³-hybridized carbons (Fsp3) is 0.176. The summed E-state index contributed by atoms with van der Waals surface area (Å²) in [5, 5.41) is 0.410. The van der Waals surface area contributed by atoms with Gasteiger partial charge in [-0.3, -0.25) is 9.78 Å². The molecular weight excluding hydrogens is 420 g/mol. The highest BCUT2D eigenvalue weighted by atomic mass is 79.9. The van der Waals surface area contributed by atoms with Gasteiger partial charge in [-0.1, -0.05) is 22.0 Å². The first-order valence-corrected chi connectivity index (χ1v) is 10.2. The lowest BCUT2D eigenvalue weighted by Gasteiger charge is -2.07. The number of rotatable bonds is 7. The first-order chi connectivity index (χ1) is 12.4. The van der Waals surface area contributed by atoms with E-state index >= 15 is 0 Å². The second kappa shape index (κ2) is 7.56. The van der Waals surface area contributed by atoms with Gasteiger partial charge in [0.1, 0.15) is 10.6 Å². The third-order valence-electron chi connectivity index (χ3n) is 3.89. The lowest BCUT2D eigenvalue weighted by molar-refractivity contribution is 0.0993. The van der Waals surface area contributed by atoms with Crippen LogP contribution in [-0.4, -0.2) is 30.8 Å². The van der Waals surface area contributed by atoms with Crippen molar-refractivity contribution in [1.29, 1.82) is 0 Å². The summed E-state index contributed by atoms with van der Waals surface area (Å²) < 4.78 is 28.8. The predicted molar refractivity (Wildman–Crippen MR) is 102 cm³/mol. The minimum absolute atomic E-state index is 0.123. The monoisotopic (exact) mass is 436 g/mol. The van der Waals surface area contributed by atoms with Gasteiger partial charge in [-0.15, -0.1) is 0 Å². The van der Waals surface area contributed by atoms with Crippen LogP contribution in [0.15, 0.2) is 52.1 Å². The Morgan fingerprint density at radius 3 is 2.81 bits per heavy atom. The third-order valence-corrected chi connectivity index (χ3v) is 5.92. The van der Waals surface area contributed by atoms with E-state index in [0.717, 1.165) is 5.56 Å². The number of hydrogen-bond acceptors (Lipinski definition) is 4. The topological polar surface area (TPSA) is 118 Å². The summed E-state index contributed by atoms with van der Waals surface area (Å²) in [5.74, 6) is -0.826. The van der Waals surface area contributed by atoms with Gasteiger partial charge in [0.25, 0.3) is 5.91 Å². The maximum absolute atomic E-state index is 12.8. The lowest BCUT2D eigenvalue weighted by atomic mass is 10.2. The van der Waals surface area contributed by atoms with Crippen LogP contribution in [0.25, 0.3) is 10.9 Å². The number of nitrogens with one attached hydrogen (secondary N) is 2. The van der Waals surface area contributed by atoms with Crippen LogP contribution in [0.3, 0.4) is 0 Å². The Kier molecular flexibility index (Phi) is 5.40. The van der Waals surface area contributed by atoms with Crippen LogP contribution in [0.5, 0.6) is 0 Å². The number of carbonyl (C=O) groups excluding carboxylic acids is 1. The summed E-state index contributed by atoms with van der Waals surface area (Å²) in [5.41, 5.74) is 6.79. The highest BCUT2D eigenvalue weighted by Crippen LogP contribution is 2.29. The number of amides is 1. The Morgan fingerprint density at radius 1 is 1.31 bits per heavy atom. The summed E-state index contributed by atoms with van der Waals surface area (Å²) in [6.45, 7) is 0.232. The van der Waals surface area contributed by atoms with E-state index in [-0.39, 0.29) is 17.1 Å². The van der Waals surface area contributed by atoms with Crippen LogP contribution in [0, 0.1) is 0 Å².